The summed E-state index contributed by atoms with van der Waals surface area (Å²) in [6.45, 7) is 3.91. The van der Waals surface area contributed by atoms with E-state index in [-0.39, 0.29) is 17.3 Å². The molecule has 2 aromatic carbocycles. The highest BCUT2D eigenvalue weighted by molar-refractivity contribution is 6.33. The molecule has 2 rings (SSSR count). The first-order valence-electron chi connectivity index (χ1n) is 17.4. The van der Waals surface area contributed by atoms with Gasteiger partial charge in [0.05, 0.1) is 22.2 Å². The first-order chi connectivity index (χ1) is 21.5. The van der Waals surface area contributed by atoms with E-state index >= 15 is 0 Å². The summed E-state index contributed by atoms with van der Waals surface area (Å²) in [6.07, 6.45) is 27.5. The van der Waals surface area contributed by atoms with Crippen LogP contribution in [0.25, 0.3) is 0 Å². The average Bonchev–Trinajstić information content (AvgIpc) is 3.03. The zero-order chi connectivity index (χ0) is 31.7. The average molecular weight is 629 g/mol. The van der Waals surface area contributed by atoms with Gasteiger partial charge in [-0.1, -0.05) is 141 Å². The molecular weight excluding hydrogens is 572 g/mol. The van der Waals surface area contributed by atoms with Gasteiger partial charge < -0.3 is 10.0 Å². The molecule has 1 N–H and O–H groups in total. The van der Waals surface area contributed by atoms with Crippen molar-refractivity contribution in [3.63, 3.8) is 0 Å². The Labute approximate surface area is 271 Å². The lowest BCUT2D eigenvalue weighted by atomic mass is 10.0. The Kier molecular flexibility index (Phi) is 21.2. The summed E-state index contributed by atoms with van der Waals surface area (Å²) in [7, 11) is 0. The van der Waals surface area contributed by atoms with E-state index < -0.39 is 4.92 Å². The molecule has 0 fully saturated rings. The number of hydrogen-bond donors (Lipinski definition) is 1. The van der Waals surface area contributed by atoms with E-state index in [1.165, 1.54) is 140 Å². The van der Waals surface area contributed by atoms with E-state index in [0.717, 1.165) is 18.7 Å². The van der Waals surface area contributed by atoms with Gasteiger partial charge in [0.25, 0.3) is 5.69 Å². The number of benzene rings is 2. The van der Waals surface area contributed by atoms with Crippen LogP contribution in [0.4, 0.5) is 22.7 Å². The highest BCUT2D eigenvalue weighted by Gasteiger charge is 2.09. The predicted molar refractivity (Wildman–Crippen MR) is 186 cm³/mol. The molecule has 0 atom stereocenters. The van der Waals surface area contributed by atoms with Crippen molar-refractivity contribution in [1.29, 1.82) is 0 Å². The number of nitrogens with zero attached hydrogens (tertiary/aromatic N) is 4. The Morgan fingerprint density at radius 3 is 1.59 bits per heavy atom. The van der Waals surface area contributed by atoms with Crippen molar-refractivity contribution >= 4 is 34.4 Å². The van der Waals surface area contributed by atoms with Crippen LogP contribution in [0, 0.1) is 10.1 Å². The van der Waals surface area contributed by atoms with Crippen molar-refractivity contribution in [2.45, 2.75) is 135 Å². The molecule has 246 valence electrons. The highest BCUT2D eigenvalue weighted by atomic mass is 35.5. The summed E-state index contributed by atoms with van der Waals surface area (Å²) in [6, 6.07) is 11.8. The lowest BCUT2D eigenvalue weighted by Gasteiger charge is -2.24. The minimum absolute atomic E-state index is 0.0810. The Morgan fingerprint density at radius 2 is 1.16 bits per heavy atom. The van der Waals surface area contributed by atoms with Crippen LogP contribution in [0.2, 0.25) is 5.02 Å². The van der Waals surface area contributed by atoms with Crippen LogP contribution in [0.15, 0.2) is 52.7 Å². The van der Waals surface area contributed by atoms with Gasteiger partial charge in [0.15, 0.2) is 0 Å². The zero-order valence-electron chi connectivity index (χ0n) is 27.2. The molecule has 0 bridgehead atoms. The Morgan fingerprint density at radius 1 is 0.682 bits per heavy atom. The number of aliphatic hydroxyl groups is 1. The summed E-state index contributed by atoms with van der Waals surface area (Å²) in [4.78, 5) is 12.6. The third-order valence-electron chi connectivity index (χ3n) is 8.28. The second kappa shape index (κ2) is 24.8. The molecule has 0 aliphatic carbocycles. The first-order valence-corrected chi connectivity index (χ1v) is 17.7. The summed E-state index contributed by atoms with van der Waals surface area (Å²) in [5.74, 6) is 0. The quantitative estimate of drug-likeness (QED) is 0.0461. The number of nitro groups is 1. The number of nitro benzene ring substituents is 1. The Hall–Kier alpha value is -2.51. The van der Waals surface area contributed by atoms with Crippen molar-refractivity contribution < 1.29 is 10.0 Å². The third-order valence-corrected chi connectivity index (χ3v) is 8.58. The fraction of sp³-hybridized carbons (Fsp3) is 0.667. The lowest BCUT2D eigenvalue weighted by Crippen LogP contribution is -2.27. The van der Waals surface area contributed by atoms with Crippen molar-refractivity contribution in [1.82, 2.24) is 0 Å². The van der Waals surface area contributed by atoms with Crippen LogP contribution in [-0.2, 0) is 0 Å². The normalized spacial score (nSPS) is 11.4. The fourth-order valence-corrected chi connectivity index (χ4v) is 5.79. The number of rotatable bonds is 27. The van der Waals surface area contributed by atoms with Gasteiger partial charge in [-0.25, -0.2) is 0 Å². The van der Waals surface area contributed by atoms with Crippen LogP contribution < -0.4 is 4.90 Å². The largest absolute Gasteiger partial charge is 0.395 e. The summed E-state index contributed by atoms with van der Waals surface area (Å²) in [5, 5.41) is 29.0. The molecule has 0 spiro atoms. The van der Waals surface area contributed by atoms with Gasteiger partial charge in [0.2, 0.25) is 0 Å². The number of non-ortho nitro benzene ring substituents is 1. The van der Waals surface area contributed by atoms with Gasteiger partial charge in [-0.3, -0.25) is 10.1 Å². The van der Waals surface area contributed by atoms with E-state index in [1.54, 1.807) is 0 Å². The van der Waals surface area contributed by atoms with Gasteiger partial charge >= 0.3 is 0 Å². The van der Waals surface area contributed by atoms with Gasteiger partial charge in [-0.05, 0) is 36.8 Å². The van der Waals surface area contributed by atoms with Crippen LogP contribution >= 0.6 is 11.6 Å². The van der Waals surface area contributed by atoms with E-state index in [9.17, 15) is 15.2 Å². The number of hydrogen-bond acceptors (Lipinski definition) is 6. The number of unbranched alkanes of at least 4 members (excludes halogenated alkanes) is 19. The number of anilines is 1. The molecule has 0 aliphatic heterocycles. The van der Waals surface area contributed by atoms with Crippen LogP contribution in [0.3, 0.4) is 0 Å². The standard InChI is InChI=1S/C36H57ClN4O3/c1-2-3-4-5-6-7-8-9-10-11-12-13-14-15-16-17-18-19-20-21-28-40(29-30-42)33-24-22-32(23-25-33)38-39-36-27-26-34(41(43)44)31-35(36)37/h22-27,31,42H,2-21,28-30H2,1H3/b39-38+. The maximum Gasteiger partial charge on any atom is 0.271 e. The maximum atomic E-state index is 10.9. The molecule has 0 saturated carbocycles. The van der Waals surface area contributed by atoms with Gasteiger partial charge in [-0.15, -0.1) is 5.11 Å². The molecule has 0 unspecified atom stereocenters. The number of halogens is 1. The molecule has 7 nitrogen and oxygen atoms in total. The third kappa shape index (κ3) is 17.1. The van der Waals surface area contributed by atoms with Crippen LogP contribution in [0.5, 0.6) is 0 Å². The molecule has 44 heavy (non-hydrogen) atoms. The Balaban J connectivity index is 1.51. The summed E-state index contributed by atoms with van der Waals surface area (Å²) in [5.41, 5.74) is 2.00. The topological polar surface area (TPSA) is 91.3 Å². The monoisotopic (exact) mass is 628 g/mol. The fourth-order valence-electron chi connectivity index (χ4n) is 5.58. The van der Waals surface area contributed by atoms with E-state index in [0.29, 0.717) is 17.9 Å². The SMILES string of the molecule is CCCCCCCCCCCCCCCCCCCCCCN(CCO)c1ccc(/N=N/c2ccc([N+](=O)[O-])cc2Cl)cc1. The van der Waals surface area contributed by atoms with Crippen molar-refractivity contribution in [3.05, 3.63) is 57.6 Å². The molecule has 8 heteroatoms. The minimum Gasteiger partial charge on any atom is -0.395 e. The molecule has 0 aliphatic rings. The lowest BCUT2D eigenvalue weighted by molar-refractivity contribution is -0.384. The van der Waals surface area contributed by atoms with Crippen molar-refractivity contribution in [2.24, 2.45) is 10.2 Å². The van der Waals surface area contributed by atoms with Crippen molar-refractivity contribution in [3.8, 4) is 0 Å². The molecule has 2 aromatic rings. The number of aliphatic hydroxyl groups excluding tert-OH is 1. The first kappa shape index (κ1) is 37.7. The smallest absolute Gasteiger partial charge is 0.271 e. The van der Waals surface area contributed by atoms with Gasteiger partial charge in [0.1, 0.15) is 5.69 Å². The van der Waals surface area contributed by atoms with Crippen molar-refractivity contribution in [2.75, 3.05) is 24.6 Å². The molecular formula is C36H57ClN4O3. The maximum absolute atomic E-state index is 10.9. The van der Waals surface area contributed by atoms with E-state index in [2.05, 4.69) is 22.1 Å². The summed E-state index contributed by atoms with van der Waals surface area (Å²) >= 11 is 6.10. The van der Waals surface area contributed by atoms with Crippen LogP contribution in [0.1, 0.15) is 135 Å². The Bertz CT molecular complexity index is 1050. The second-order valence-corrected chi connectivity index (χ2v) is 12.4. The van der Waals surface area contributed by atoms with E-state index in [1.807, 2.05) is 24.3 Å². The minimum atomic E-state index is -0.494. The molecule has 0 aromatic heterocycles. The molecule has 0 radical (unpaired) electrons. The highest BCUT2D eigenvalue weighted by Crippen LogP contribution is 2.31. The molecule has 0 saturated heterocycles. The zero-order valence-corrected chi connectivity index (χ0v) is 28.0. The van der Waals surface area contributed by atoms with Crippen LogP contribution in [-0.4, -0.2) is 29.7 Å². The van der Waals surface area contributed by atoms with Gasteiger partial charge in [0, 0.05) is 30.9 Å². The van der Waals surface area contributed by atoms with E-state index in [4.69, 9.17) is 11.6 Å². The summed E-state index contributed by atoms with van der Waals surface area (Å²) < 4.78 is 0. The molecule has 0 amide bonds. The predicted octanol–water partition coefficient (Wildman–Crippen LogP) is 12.3. The number of azo groups is 1. The second-order valence-electron chi connectivity index (χ2n) is 12.0. The molecule has 0 heterocycles. The van der Waals surface area contributed by atoms with Gasteiger partial charge in [-0.2, -0.15) is 5.11 Å².